The second-order valence-electron chi connectivity index (χ2n) is 5.39. The fraction of sp³-hybridized carbons (Fsp3) is 0.750. The molecule has 0 aromatic carbocycles. The van der Waals surface area contributed by atoms with Gasteiger partial charge in [-0.2, -0.15) is 0 Å². The highest BCUT2D eigenvalue weighted by atomic mass is 31.2. The van der Waals surface area contributed by atoms with Crippen molar-refractivity contribution in [2.75, 3.05) is 45.7 Å². The van der Waals surface area contributed by atoms with E-state index in [1.807, 2.05) is 0 Å². The van der Waals surface area contributed by atoms with Crippen molar-refractivity contribution in [3.8, 4) is 0 Å². The third-order valence-electron chi connectivity index (χ3n) is 2.91. The number of esters is 2. The molecule has 0 radical (unpaired) electrons. The van der Waals surface area contributed by atoms with Gasteiger partial charge in [-0.1, -0.05) is 6.58 Å². The largest absolute Gasteiger partial charge is 0.463 e. The molecule has 1 unspecified atom stereocenters. The summed E-state index contributed by atoms with van der Waals surface area (Å²) in [6.07, 6.45) is -0.819. The van der Waals surface area contributed by atoms with E-state index in [1.54, 1.807) is 13.8 Å². The van der Waals surface area contributed by atoms with E-state index in [-0.39, 0.29) is 31.4 Å². The summed E-state index contributed by atoms with van der Waals surface area (Å²) in [5.41, 5.74) is 0.221. The maximum absolute atomic E-state index is 12.2. The zero-order valence-corrected chi connectivity index (χ0v) is 16.6. The number of hydrogen-bond donors (Lipinski definition) is 2. The molecule has 0 amide bonds. The number of carbonyl (C=O) groups is 2. The molecule has 0 saturated carbocycles. The number of carbonyl (C=O) groups excluding carboxylic acids is 2. The minimum atomic E-state index is -3.09. The van der Waals surface area contributed by atoms with Crippen LogP contribution in [0.3, 0.4) is 0 Å². The maximum Gasteiger partial charge on any atom is 0.333 e. The van der Waals surface area contributed by atoms with Crippen molar-refractivity contribution >= 4 is 19.5 Å². The Bertz CT molecular complexity index is 487. The number of rotatable bonds is 15. The smallest absolute Gasteiger partial charge is 0.333 e. The van der Waals surface area contributed by atoms with Crippen LogP contribution < -0.4 is 5.32 Å². The van der Waals surface area contributed by atoms with Crippen molar-refractivity contribution in [3.05, 3.63) is 12.2 Å². The van der Waals surface area contributed by atoms with Gasteiger partial charge in [-0.25, -0.2) is 4.79 Å². The SMILES string of the molecule is C=C(C)C(=O)OCC(O)COC(=O)CCNCCP(=O)(OCC)OCC. The number of nitrogens with one attached hydrogen (secondary N) is 1. The zero-order valence-electron chi connectivity index (χ0n) is 15.7. The van der Waals surface area contributed by atoms with Crippen LogP contribution >= 0.6 is 7.60 Å². The molecular formula is C16H30NO8P. The summed E-state index contributed by atoms with van der Waals surface area (Å²) in [6.45, 7) is 9.11. The van der Waals surface area contributed by atoms with E-state index in [0.717, 1.165) is 0 Å². The second-order valence-corrected chi connectivity index (χ2v) is 7.57. The van der Waals surface area contributed by atoms with Gasteiger partial charge in [0.05, 0.1) is 25.8 Å². The lowest BCUT2D eigenvalue weighted by molar-refractivity contribution is -0.150. The lowest BCUT2D eigenvalue weighted by Crippen LogP contribution is -2.27. The summed E-state index contributed by atoms with van der Waals surface area (Å²) in [4.78, 5) is 22.7. The Morgan fingerprint density at radius 1 is 1.12 bits per heavy atom. The van der Waals surface area contributed by atoms with Crippen LogP contribution in [0.15, 0.2) is 12.2 Å². The molecule has 0 bridgehead atoms. The van der Waals surface area contributed by atoms with Gasteiger partial charge in [-0.3, -0.25) is 9.36 Å². The molecule has 0 spiro atoms. The first-order valence-corrected chi connectivity index (χ1v) is 10.2. The Kier molecular flexibility index (Phi) is 13.2. The van der Waals surface area contributed by atoms with Gasteiger partial charge in [-0.15, -0.1) is 0 Å². The minimum Gasteiger partial charge on any atom is -0.463 e. The monoisotopic (exact) mass is 395 g/mol. The van der Waals surface area contributed by atoms with Crippen molar-refractivity contribution in [3.63, 3.8) is 0 Å². The van der Waals surface area contributed by atoms with E-state index in [0.29, 0.717) is 26.3 Å². The molecule has 26 heavy (non-hydrogen) atoms. The molecule has 0 aliphatic rings. The first-order valence-electron chi connectivity index (χ1n) is 8.49. The lowest BCUT2D eigenvalue weighted by Gasteiger charge is -2.17. The first kappa shape index (κ1) is 24.8. The van der Waals surface area contributed by atoms with Crippen LogP contribution in [0.2, 0.25) is 0 Å². The van der Waals surface area contributed by atoms with Crippen molar-refractivity contribution in [2.45, 2.75) is 33.3 Å². The predicted octanol–water partition coefficient (Wildman–Crippen LogP) is 1.26. The van der Waals surface area contributed by atoms with Gasteiger partial charge in [0, 0.05) is 18.7 Å². The Morgan fingerprint density at radius 3 is 2.23 bits per heavy atom. The van der Waals surface area contributed by atoms with E-state index in [9.17, 15) is 19.3 Å². The Morgan fingerprint density at radius 2 is 1.69 bits per heavy atom. The molecule has 2 N–H and O–H groups in total. The van der Waals surface area contributed by atoms with Crippen LogP contribution in [0.5, 0.6) is 0 Å². The van der Waals surface area contributed by atoms with Gasteiger partial charge in [0.2, 0.25) is 0 Å². The van der Waals surface area contributed by atoms with Crippen LogP contribution in [0.4, 0.5) is 0 Å². The van der Waals surface area contributed by atoms with Gasteiger partial charge >= 0.3 is 19.5 Å². The van der Waals surface area contributed by atoms with E-state index >= 15 is 0 Å². The van der Waals surface area contributed by atoms with Crippen molar-refractivity contribution in [2.24, 2.45) is 0 Å². The highest BCUT2D eigenvalue weighted by Crippen LogP contribution is 2.47. The van der Waals surface area contributed by atoms with Gasteiger partial charge in [0.1, 0.15) is 19.3 Å². The van der Waals surface area contributed by atoms with Crippen molar-refractivity contribution in [1.82, 2.24) is 5.32 Å². The summed E-state index contributed by atoms with van der Waals surface area (Å²) in [7, 11) is -3.09. The van der Waals surface area contributed by atoms with Gasteiger partial charge in [0.15, 0.2) is 0 Å². The molecule has 0 fully saturated rings. The maximum atomic E-state index is 12.2. The second kappa shape index (κ2) is 13.9. The molecule has 0 aliphatic heterocycles. The number of ether oxygens (including phenoxy) is 2. The quantitative estimate of drug-likeness (QED) is 0.183. The van der Waals surface area contributed by atoms with Crippen molar-refractivity contribution in [1.29, 1.82) is 0 Å². The fourth-order valence-corrected chi connectivity index (χ4v) is 3.25. The highest BCUT2D eigenvalue weighted by Gasteiger charge is 2.22. The Labute approximate surface area is 154 Å². The number of hydrogen-bond acceptors (Lipinski definition) is 9. The van der Waals surface area contributed by atoms with E-state index in [1.165, 1.54) is 6.92 Å². The molecule has 0 heterocycles. The highest BCUT2D eigenvalue weighted by molar-refractivity contribution is 7.53. The fourth-order valence-electron chi connectivity index (χ4n) is 1.70. The molecule has 1 atom stereocenters. The third kappa shape index (κ3) is 12.2. The van der Waals surface area contributed by atoms with Gasteiger partial charge in [-0.05, 0) is 20.8 Å². The van der Waals surface area contributed by atoms with E-state index in [4.69, 9.17) is 18.5 Å². The molecular weight excluding hydrogens is 365 g/mol. The van der Waals surface area contributed by atoms with Crippen LogP contribution in [0.25, 0.3) is 0 Å². The summed E-state index contributed by atoms with van der Waals surface area (Å²) in [6, 6.07) is 0. The van der Waals surface area contributed by atoms with Crippen LogP contribution in [-0.2, 0) is 32.7 Å². The first-order chi connectivity index (χ1) is 12.2. The summed E-state index contributed by atoms with van der Waals surface area (Å²) >= 11 is 0. The normalized spacial score (nSPS) is 12.5. The summed E-state index contributed by atoms with van der Waals surface area (Å²) in [5.74, 6) is -1.13. The summed E-state index contributed by atoms with van der Waals surface area (Å²) < 4.78 is 32.1. The number of aliphatic hydroxyl groups excluding tert-OH is 1. The van der Waals surface area contributed by atoms with Gasteiger partial charge in [0.25, 0.3) is 0 Å². The Hall–Kier alpha value is -1.25. The molecule has 0 aromatic heterocycles. The average molecular weight is 395 g/mol. The minimum absolute atomic E-state index is 0.0752. The van der Waals surface area contributed by atoms with Gasteiger partial charge < -0.3 is 28.9 Å². The molecule has 10 heteroatoms. The molecule has 0 rings (SSSR count). The van der Waals surface area contributed by atoms with Crippen molar-refractivity contribution < 1.29 is 37.8 Å². The number of aliphatic hydroxyl groups is 1. The third-order valence-corrected chi connectivity index (χ3v) is 4.99. The van der Waals surface area contributed by atoms with Crippen LogP contribution in [0, 0.1) is 0 Å². The average Bonchev–Trinajstić information content (AvgIpc) is 2.57. The summed E-state index contributed by atoms with van der Waals surface area (Å²) in [5, 5.41) is 12.5. The molecule has 0 aliphatic carbocycles. The van der Waals surface area contributed by atoms with Crippen LogP contribution in [0.1, 0.15) is 27.2 Å². The van der Waals surface area contributed by atoms with E-state index < -0.39 is 25.6 Å². The molecule has 0 aromatic rings. The Balaban J connectivity index is 3.84. The lowest BCUT2D eigenvalue weighted by atomic mass is 10.3. The predicted molar refractivity (Wildman–Crippen MR) is 96.0 cm³/mol. The molecule has 0 saturated heterocycles. The molecule has 9 nitrogen and oxygen atoms in total. The topological polar surface area (TPSA) is 120 Å². The molecule has 152 valence electrons. The standard InChI is InChI=1S/C16H30NO8P/c1-5-24-26(21,25-6-2)10-9-17-8-7-15(19)22-11-14(18)12-23-16(20)13(3)4/h14,17-18H,3,5-12H2,1-2,4H3. The van der Waals surface area contributed by atoms with E-state index in [2.05, 4.69) is 11.9 Å². The van der Waals surface area contributed by atoms with Crippen LogP contribution in [-0.4, -0.2) is 68.8 Å². The zero-order chi connectivity index (χ0) is 20.0.